The van der Waals surface area contributed by atoms with Crippen molar-refractivity contribution >= 4 is 34.0 Å². The van der Waals surface area contributed by atoms with Gasteiger partial charge in [0.15, 0.2) is 23.1 Å². The molecule has 1 saturated heterocycles. The molecule has 12 heteroatoms. The van der Waals surface area contributed by atoms with Crippen LogP contribution in [0.1, 0.15) is 50.0 Å². The van der Waals surface area contributed by atoms with Gasteiger partial charge in [-0.2, -0.15) is 5.10 Å². The van der Waals surface area contributed by atoms with Gasteiger partial charge in [-0.15, -0.1) is 11.3 Å². The first-order valence-corrected chi connectivity index (χ1v) is 13.2. The number of nitrogens with one attached hydrogen (secondary N) is 2. The van der Waals surface area contributed by atoms with Crippen LogP contribution in [-0.4, -0.2) is 75.4 Å². The number of methoxy groups -OCH3 is 1. The predicted octanol–water partition coefficient (Wildman–Crippen LogP) is 3.42. The summed E-state index contributed by atoms with van der Waals surface area (Å²) in [6.45, 7) is 5.37. The van der Waals surface area contributed by atoms with Crippen LogP contribution in [0.5, 0.6) is 5.75 Å². The number of hydrogen-bond donors (Lipinski definition) is 2. The fourth-order valence-electron chi connectivity index (χ4n) is 4.51. The van der Waals surface area contributed by atoms with Gasteiger partial charge in [0.2, 0.25) is 0 Å². The van der Waals surface area contributed by atoms with Gasteiger partial charge in [0, 0.05) is 36.8 Å². The molecule has 3 aromatic heterocycles. The van der Waals surface area contributed by atoms with Gasteiger partial charge in [-0.1, -0.05) is 0 Å². The molecule has 2 aliphatic rings. The van der Waals surface area contributed by atoms with Crippen LogP contribution in [0.3, 0.4) is 0 Å². The third-order valence-corrected chi connectivity index (χ3v) is 7.60. The lowest BCUT2D eigenvalue weighted by Crippen LogP contribution is -2.46. The van der Waals surface area contributed by atoms with Crippen molar-refractivity contribution in [3.8, 4) is 17.1 Å². The Kier molecular flexibility index (Phi) is 6.95. The molecule has 36 heavy (non-hydrogen) atoms. The van der Waals surface area contributed by atoms with Crippen LogP contribution in [0.2, 0.25) is 0 Å². The number of carbonyl (C=O) groups is 2. The second-order valence-electron chi connectivity index (χ2n) is 9.19. The Bertz CT molecular complexity index is 1250. The van der Waals surface area contributed by atoms with Crippen molar-refractivity contribution in [3.63, 3.8) is 0 Å². The van der Waals surface area contributed by atoms with Crippen molar-refractivity contribution in [2.45, 2.75) is 51.6 Å². The van der Waals surface area contributed by atoms with E-state index in [1.165, 1.54) is 20.0 Å². The highest BCUT2D eigenvalue weighted by Gasteiger charge is 2.33. The highest BCUT2D eigenvalue weighted by Crippen LogP contribution is 2.38. The van der Waals surface area contributed by atoms with Gasteiger partial charge in [0.25, 0.3) is 5.91 Å². The summed E-state index contributed by atoms with van der Waals surface area (Å²) in [7, 11) is 1.34. The summed E-state index contributed by atoms with van der Waals surface area (Å²) >= 11 is 1.54. The molecule has 0 spiro atoms. The van der Waals surface area contributed by atoms with E-state index in [9.17, 15) is 9.59 Å². The Morgan fingerprint density at radius 3 is 2.69 bits per heavy atom. The second-order valence-corrected chi connectivity index (χ2v) is 10.1. The number of rotatable bonds is 8. The minimum atomic E-state index is -0.458. The summed E-state index contributed by atoms with van der Waals surface area (Å²) in [6, 6.07) is 0.161. The second kappa shape index (κ2) is 10.3. The van der Waals surface area contributed by atoms with Crippen molar-refractivity contribution in [2.24, 2.45) is 5.92 Å². The van der Waals surface area contributed by atoms with Crippen LogP contribution in [-0.2, 0) is 4.74 Å². The van der Waals surface area contributed by atoms with Crippen LogP contribution >= 0.6 is 11.3 Å². The lowest BCUT2D eigenvalue weighted by Gasteiger charge is -2.32. The minimum Gasteiger partial charge on any atom is -0.488 e. The average molecular weight is 514 g/mol. The minimum absolute atomic E-state index is 0.0371. The van der Waals surface area contributed by atoms with Crippen molar-refractivity contribution in [1.29, 1.82) is 0 Å². The molecule has 0 bridgehead atoms. The number of thiazole rings is 1. The zero-order valence-corrected chi connectivity index (χ0v) is 21.5. The van der Waals surface area contributed by atoms with Gasteiger partial charge < -0.3 is 25.0 Å². The molecular weight excluding hydrogens is 482 g/mol. The number of carbonyl (C=O) groups excluding carboxylic acids is 2. The van der Waals surface area contributed by atoms with E-state index in [0.29, 0.717) is 55.8 Å². The quantitative estimate of drug-likeness (QED) is 0.470. The Morgan fingerprint density at radius 1 is 1.22 bits per heavy atom. The molecule has 5 rings (SSSR count). The Hall–Kier alpha value is -3.41. The van der Waals surface area contributed by atoms with Gasteiger partial charge in [-0.25, -0.2) is 19.3 Å². The summed E-state index contributed by atoms with van der Waals surface area (Å²) in [6.07, 6.45) is 6.77. The molecule has 1 atom stereocenters. The van der Waals surface area contributed by atoms with Gasteiger partial charge in [0.05, 0.1) is 25.5 Å². The zero-order valence-electron chi connectivity index (χ0n) is 20.7. The third-order valence-electron chi connectivity index (χ3n) is 6.71. The average Bonchev–Trinajstić information content (AvgIpc) is 3.51. The zero-order chi connectivity index (χ0) is 25.2. The molecule has 3 aromatic rings. The molecule has 192 valence electrons. The van der Waals surface area contributed by atoms with Crippen molar-refractivity contribution in [2.75, 3.05) is 32.1 Å². The fourth-order valence-corrected chi connectivity index (χ4v) is 5.30. The first-order chi connectivity index (χ1) is 17.5. The van der Waals surface area contributed by atoms with E-state index in [-0.39, 0.29) is 23.7 Å². The van der Waals surface area contributed by atoms with Crippen LogP contribution in [0, 0.1) is 5.92 Å². The van der Waals surface area contributed by atoms with Gasteiger partial charge in [-0.05, 0) is 45.4 Å². The Balaban J connectivity index is 1.49. The third kappa shape index (κ3) is 4.95. The molecule has 2 N–H and O–H groups in total. The van der Waals surface area contributed by atoms with Gasteiger partial charge >= 0.3 is 6.09 Å². The number of ether oxygens (including phenoxy) is 2. The molecule has 0 aromatic carbocycles. The molecule has 1 saturated carbocycles. The molecular formula is C24H31N7O4S. The number of alkyl carbamates (subject to hydrolysis) is 1. The number of amides is 2. The lowest BCUT2D eigenvalue weighted by molar-refractivity contribution is 0.0693. The first kappa shape index (κ1) is 24.3. The van der Waals surface area contributed by atoms with Gasteiger partial charge in [0.1, 0.15) is 4.83 Å². The SMILES string of the molecule is CCOc1c(N[C@@H](C)C2CC2)nc(-c2cnn3ccsc23)nc1C(=O)N1CCC(NC(=O)OC)CC1. The number of piperidine rings is 1. The molecule has 1 aliphatic heterocycles. The first-order valence-electron chi connectivity index (χ1n) is 12.3. The largest absolute Gasteiger partial charge is 0.488 e. The highest BCUT2D eigenvalue weighted by molar-refractivity contribution is 7.16. The van der Waals surface area contributed by atoms with Crippen LogP contribution in [0.25, 0.3) is 16.2 Å². The standard InChI is InChI=1S/C24H31N7O4S/c1-4-35-19-18(22(32)30-9-7-16(8-10-30)27-24(33)34-3)28-20(17-13-25-31-11-12-36-23(17)31)29-21(19)26-14(2)15-5-6-15/h11-16H,4-10H2,1-3H3,(H,27,33)(H,26,28,29)/t14-/m0/s1. The Labute approximate surface area is 213 Å². The van der Waals surface area contributed by atoms with Crippen molar-refractivity contribution in [1.82, 2.24) is 29.8 Å². The topological polar surface area (TPSA) is 123 Å². The molecule has 1 aliphatic carbocycles. The number of anilines is 1. The number of aromatic nitrogens is 4. The molecule has 4 heterocycles. The summed E-state index contributed by atoms with van der Waals surface area (Å²) in [5.41, 5.74) is 1.01. The summed E-state index contributed by atoms with van der Waals surface area (Å²) in [5.74, 6) is 1.71. The maximum Gasteiger partial charge on any atom is 0.407 e. The number of fused-ring (bicyclic) bond motifs is 1. The highest BCUT2D eigenvalue weighted by atomic mass is 32.1. The Morgan fingerprint density at radius 2 is 2.00 bits per heavy atom. The predicted molar refractivity (Wildman–Crippen MR) is 136 cm³/mol. The van der Waals surface area contributed by atoms with E-state index in [0.717, 1.165) is 10.4 Å². The van der Waals surface area contributed by atoms with Crippen LogP contribution in [0.15, 0.2) is 17.8 Å². The normalized spacial score (nSPS) is 17.1. The number of hydrogen-bond acceptors (Lipinski definition) is 9. The monoisotopic (exact) mass is 513 g/mol. The number of likely N-dealkylation sites (tertiary alicyclic amines) is 1. The summed E-state index contributed by atoms with van der Waals surface area (Å²) < 4.78 is 12.5. The molecule has 0 unspecified atom stereocenters. The van der Waals surface area contributed by atoms with E-state index in [4.69, 9.17) is 19.4 Å². The van der Waals surface area contributed by atoms with E-state index in [1.54, 1.807) is 26.9 Å². The van der Waals surface area contributed by atoms with E-state index < -0.39 is 6.09 Å². The maximum absolute atomic E-state index is 13.8. The van der Waals surface area contributed by atoms with Gasteiger partial charge in [-0.3, -0.25) is 4.79 Å². The summed E-state index contributed by atoms with van der Waals surface area (Å²) in [4.78, 5) is 37.6. The van der Waals surface area contributed by atoms with E-state index >= 15 is 0 Å². The molecule has 2 amide bonds. The molecule has 2 fully saturated rings. The molecule has 0 radical (unpaired) electrons. The van der Waals surface area contributed by atoms with Crippen LogP contribution in [0.4, 0.5) is 10.6 Å². The van der Waals surface area contributed by atoms with E-state index in [1.807, 2.05) is 18.5 Å². The van der Waals surface area contributed by atoms with Crippen molar-refractivity contribution in [3.05, 3.63) is 23.5 Å². The van der Waals surface area contributed by atoms with Crippen molar-refractivity contribution < 1.29 is 19.1 Å². The maximum atomic E-state index is 13.8. The molecule has 11 nitrogen and oxygen atoms in total. The van der Waals surface area contributed by atoms with Crippen LogP contribution < -0.4 is 15.4 Å². The summed E-state index contributed by atoms with van der Waals surface area (Å²) in [5, 5.41) is 12.7. The number of nitrogens with zero attached hydrogens (tertiary/aromatic N) is 5. The fraction of sp³-hybridized carbons (Fsp3) is 0.542. The lowest BCUT2D eigenvalue weighted by atomic mass is 10.0. The smallest absolute Gasteiger partial charge is 0.407 e. The van der Waals surface area contributed by atoms with E-state index in [2.05, 4.69) is 22.7 Å².